The van der Waals surface area contributed by atoms with Gasteiger partial charge in [-0.2, -0.15) is 0 Å². The molecule has 1 aromatic heterocycles. The van der Waals surface area contributed by atoms with E-state index in [1.54, 1.807) is 7.11 Å². The lowest BCUT2D eigenvalue weighted by atomic mass is 10.0. The van der Waals surface area contributed by atoms with E-state index in [1.807, 2.05) is 32.0 Å². The van der Waals surface area contributed by atoms with Crippen molar-refractivity contribution in [1.82, 2.24) is 9.88 Å². The SMILES string of the molecule is COc1ccc2nc3c(c(NCC(C)(C)OC=O)c2c1)CC(OCCCN1CCCC1)C3. The van der Waals surface area contributed by atoms with Crippen LogP contribution in [-0.4, -0.2) is 68.0 Å². The summed E-state index contributed by atoms with van der Waals surface area (Å²) in [4.78, 5) is 18.3. The molecule has 1 unspecified atom stereocenters. The number of carbonyl (C=O) groups excluding carboxylic acids is 1. The summed E-state index contributed by atoms with van der Waals surface area (Å²) in [5, 5.41) is 4.56. The van der Waals surface area contributed by atoms with Crippen LogP contribution in [-0.2, 0) is 27.1 Å². The lowest BCUT2D eigenvalue weighted by Crippen LogP contribution is -2.33. The third kappa shape index (κ3) is 5.33. The van der Waals surface area contributed by atoms with Gasteiger partial charge in [0.1, 0.15) is 11.4 Å². The number of hydrogen-bond donors (Lipinski definition) is 1. The molecule has 0 saturated carbocycles. The molecule has 32 heavy (non-hydrogen) atoms. The Kier molecular flexibility index (Phi) is 7.16. The molecule has 4 rings (SSSR count). The number of methoxy groups -OCH3 is 1. The molecule has 1 aromatic carbocycles. The van der Waals surface area contributed by atoms with Crippen molar-refractivity contribution in [2.75, 3.05) is 45.2 Å². The van der Waals surface area contributed by atoms with E-state index < -0.39 is 5.60 Å². The first-order chi connectivity index (χ1) is 15.5. The first-order valence-electron chi connectivity index (χ1n) is 11.7. The molecule has 0 spiro atoms. The Hall–Kier alpha value is -2.38. The number of benzene rings is 1. The summed E-state index contributed by atoms with van der Waals surface area (Å²) in [7, 11) is 1.67. The number of fused-ring (bicyclic) bond motifs is 2. The van der Waals surface area contributed by atoms with Crippen LogP contribution < -0.4 is 10.1 Å². The smallest absolute Gasteiger partial charge is 0.293 e. The molecular formula is C25H35N3O4. The van der Waals surface area contributed by atoms with E-state index in [-0.39, 0.29) is 6.10 Å². The second-order valence-corrected chi connectivity index (χ2v) is 9.43. The molecule has 1 N–H and O–H groups in total. The van der Waals surface area contributed by atoms with Crippen molar-refractivity contribution in [3.8, 4) is 5.75 Å². The molecule has 0 bridgehead atoms. The zero-order valence-electron chi connectivity index (χ0n) is 19.5. The maximum Gasteiger partial charge on any atom is 0.293 e. The fourth-order valence-corrected chi connectivity index (χ4v) is 4.70. The molecule has 7 heteroatoms. The lowest BCUT2D eigenvalue weighted by Gasteiger charge is -2.25. The standard InChI is InChI=1S/C25H35N3O4/c1-25(2,32-17-29)16-26-24-20-13-18(30-3)7-8-22(20)27-23-15-19(14-21(23)24)31-12-6-11-28-9-4-5-10-28/h7-8,13,17,19H,4-6,9-12,14-16H2,1-3H3,(H,26,27). The van der Waals surface area contributed by atoms with E-state index in [0.717, 1.165) is 60.4 Å². The molecule has 2 heterocycles. The number of aromatic nitrogens is 1. The summed E-state index contributed by atoms with van der Waals surface area (Å²) >= 11 is 0. The molecule has 1 aliphatic heterocycles. The van der Waals surface area contributed by atoms with E-state index in [0.29, 0.717) is 13.0 Å². The van der Waals surface area contributed by atoms with Gasteiger partial charge in [-0.1, -0.05) is 0 Å². The maximum atomic E-state index is 10.9. The molecular weight excluding hydrogens is 406 g/mol. The average Bonchev–Trinajstić information content (AvgIpc) is 3.43. The Labute approximate surface area is 190 Å². The molecule has 0 radical (unpaired) electrons. The van der Waals surface area contributed by atoms with Crippen LogP contribution in [0, 0.1) is 0 Å². The highest BCUT2D eigenvalue weighted by molar-refractivity contribution is 5.94. The molecule has 1 atom stereocenters. The number of likely N-dealkylation sites (tertiary alicyclic amines) is 1. The third-order valence-electron chi connectivity index (χ3n) is 6.46. The Balaban J connectivity index is 1.49. The fourth-order valence-electron chi connectivity index (χ4n) is 4.70. The Morgan fingerprint density at radius 3 is 2.81 bits per heavy atom. The summed E-state index contributed by atoms with van der Waals surface area (Å²) < 4.78 is 17.0. The van der Waals surface area contributed by atoms with Crippen LogP contribution in [0.25, 0.3) is 10.9 Å². The van der Waals surface area contributed by atoms with Gasteiger partial charge in [0.05, 0.1) is 25.3 Å². The van der Waals surface area contributed by atoms with Crippen LogP contribution >= 0.6 is 0 Å². The summed E-state index contributed by atoms with van der Waals surface area (Å²) in [6.45, 7) is 9.16. The first-order valence-corrected chi connectivity index (χ1v) is 11.7. The predicted octanol–water partition coefficient (Wildman–Crippen LogP) is 3.58. The minimum Gasteiger partial charge on any atom is -0.497 e. The van der Waals surface area contributed by atoms with E-state index in [9.17, 15) is 4.79 Å². The summed E-state index contributed by atoms with van der Waals surface area (Å²) in [5.74, 6) is 0.790. The second kappa shape index (κ2) is 10.0. The van der Waals surface area contributed by atoms with E-state index in [4.69, 9.17) is 19.2 Å². The highest BCUT2D eigenvalue weighted by Crippen LogP contribution is 2.37. The first kappa shape index (κ1) is 22.8. The van der Waals surface area contributed by atoms with Gasteiger partial charge in [-0.15, -0.1) is 0 Å². The average molecular weight is 442 g/mol. The molecule has 1 aliphatic carbocycles. The van der Waals surface area contributed by atoms with Crippen LogP contribution in [0.15, 0.2) is 18.2 Å². The maximum absolute atomic E-state index is 10.9. The molecule has 1 saturated heterocycles. The van der Waals surface area contributed by atoms with Gasteiger partial charge in [0.25, 0.3) is 6.47 Å². The fraction of sp³-hybridized carbons (Fsp3) is 0.600. The van der Waals surface area contributed by atoms with Crippen molar-refractivity contribution >= 4 is 23.1 Å². The number of carbonyl (C=O) groups is 1. The van der Waals surface area contributed by atoms with E-state index in [2.05, 4.69) is 10.2 Å². The van der Waals surface area contributed by atoms with Crippen LogP contribution in [0.3, 0.4) is 0 Å². The zero-order valence-corrected chi connectivity index (χ0v) is 19.5. The van der Waals surface area contributed by atoms with Gasteiger partial charge in [-0.25, -0.2) is 0 Å². The third-order valence-corrected chi connectivity index (χ3v) is 6.46. The molecule has 7 nitrogen and oxygen atoms in total. The minimum absolute atomic E-state index is 0.148. The van der Waals surface area contributed by atoms with Gasteiger partial charge in [-0.3, -0.25) is 9.78 Å². The number of rotatable bonds is 11. The van der Waals surface area contributed by atoms with Gasteiger partial charge in [0, 0.05) is 48.3 Å². The van der Waals surface area contributed by atoms with E-state index in [1.165, 1.54) is 31.5 Å². The van der Waals surface area contributed by atoms with Gasteiger partial charge in [-0.05, 0) is 64.4 Å². The van der Waals surface area contributed by atoms with Gasteiger partial charge in [0.15, 0.2) is 0 Å². The Bertz CT molecular complexity index is 940. The van der Waals surface area contributed by atoms with Gasteiger partial charge >= 0.3 is 0 Å². The minimum atomic E-state index is -0.618. The van der Waals surface area contributed by atoms with Crippen molar-refractivity contribution in [3.63, 3.8) is 0 Å². The summed E-state index contributed by atoms with van der Waals surface area (Å²) in [6, 6.07) is 5.95. The summed E-state index contributed by atoms with van der Waals surface area (Å²) in [6.07, 6.45) is 5.53. The molecule has 174 valence electrons. The van der Waals surface area contributed by atoms with Crippen molar-refractivity contribution in [3.05, 3.63) is 29.5 Å². The molecule has 0 amide bonds. The van der Waals surface area contributed by atoms with Gasteiger partial charge < -0.3 is 24.4 Å². The van der Waals surface area contributed by atoms with Crippen molar-refractivity contribution < 1.29 is 19.0 Å². The highest BCUT2D eigenvalue weighted by atomic mass is 16.5. The van der Waals surface area contributed by atoms with Gasteiger partial charge in [0.2, 0.25) is 0 Å². The van der Waals surface area contributed by atoms with E-state index >= 15 is 0 Å². The normalized spacial score (nSPS) is 18.7. The largest absolute Gasteiger partial charge is 0.497 e. The highest BCUT2D eigenvalue weighted by Gasteiger charge is 2.29. The lowest BCUT2D eigenvalue weighted by molar-refractivity contribution is -0.139. The van der Waals surface area contributed by atoms with Crippen LogP contribution in [0.4, 0.5) is 5.69 Å². The number of ether oxygens (including phenoxy) is 3. The predicted molar refractivity (Wildman–Crippen MR) is 125 cm³/mol. The Morgan fingerprint density at radius 1 is 1.25 bits per heavy atom. The van der Waals surface area contributed by atoms with Crippen LogP contribution in [0.1, 0.15) is 44.4 Å². The van der Waals surface area contributed by atoms with Crippen molar-refractivity contribution in [1.29, 1.82) is 0 Å². The number of anilines is 1. The molecule has 2 aliphatic rings. The Morgan fingerprint density at radius 2 is 2.06 bits per heavy atom. The molecule has 2 aromatic rings. The van der Waals surface area contributed by atoms with Crippen LogP contribution in [0.2, 0.25) is 0 Å². The number of hydrogen-bond acceptors (Lipinski definition) is 7. The second-order valence-electron chi connectivity index (χ2n) is 9.43. The monoisotopic (exact) mass is 441 g/mol. The summed E-state index contributed by atoms with van der Waals surface area (Å²) in [5.41, 5.74) is 3.62. The number of nitrogens with one attached hydrogen (secondary N) is 1. The van der Waals surface area contributed by atoms with Crippen molar-refractivity contribution in [2.24, 2.45) is 0 Å². The molecule has 1 fully saturated rings. The topological polar surface area (TPSA) is 72.9 Å². The van der Waals surface area contributed by atoms with Crippen LogP contribution in [0.5, 0.6) is 5.75 Å². The quantitative estimate of drug-likeness (QED) is 0.422. The zero-order chi connectivity index (χ0) is 22.6. The van der Waals surface area contributed by atoms with Crippen molar-refractivity contribution in [2.45, 2.75) is 57.7 Å². The number of pyridine rings is 1. The number of nitrogens with zero attached hydrogens (tertiary/aromatic N) is 2.